The highest BCUT2D eigenvalue weighted by molar-refractivity contribution is 4.94. The Morgan fingerprint density at radius 1 is 1.46 bits per heavy atom. The maximum absolute atomic E-state index is 10.7. The largest absolute Gasteiger partial charge is 0.264 e. The van der Waals surface area contributed by atoms with Crippen molar-refractivity contribution in [3.63, 3.8) is 0 Å². The van der Waals surface area contributed by atoms with Crippen LogP contribution in [0.3, 0.4) is 0 Å². The third-order valence-corrected chi connectivity index (χ3v) is 2.73. The summed E-state index contributed by atoms with van der Waals surface area (Å²) in [6.45, 7) is 2.12. The third kappa shape index (κ3) is 2.83. The summed E-state index contributed by atoms with van der Waals surface area (Å²) in [5.74, 6) is 0.278. The first kappa shape index (κ1) is 10.2. The SMILES string of the molecule is CCCC[C@H]1CC=CC[C@@H]1[N+](=O)[O-]. The van der Waals surface area contributed by atoms with Gasteiger partial charge in [-0.15, -0.1) is 0 Å². The van der Waals surface area contributed by atoms with Gasteiger partial charge in [0.05, 0.1) is 0 Å². The average Bonchev–Trinajstić information content (AvgIpc) is 2.15. The van der Waals surface area contributed by atoms with Gasteiger partial charge < -0.3 is 0 Å². The Kier molecular flexibility index (Phi) is 3.93. The second-order valence-corrected chi connectivity index (χ2v) is 3.70. The Balaban J connectivity index is 2.48. The zero-order valence-corrected chi connectivity index (χ0v) is 8.11. The number of nitro groups is 1. The van der Waals surface area contributed by atoms with Crippen LogP contribution in [-0.2, 0) is 0 Å². The van der Waals surface area contributed by atoms with E-state index in [2.05, 4.69) is 13.0 Å². The first-order chi connectivity index (χ1) is 6.25. The third-order valence-electron chi connectivity index (χ3n) is 2.73. The Morgan fingerprint density at radius 3 is 2.77 bits per heavy atom. The van der Waals surface area contributed by atoms with Crippen LogP contribution in [0.1, 0.15) is 39.0 Å². The fraction of sp³-hybridized carbons (Fsp3) is 0.800. The quantitative estimate of drug-likeness (QED) is 0.382. The summed E-state index contributed by atoms with van der Waals surface area (Å²) in [5.41, 5.74) is 0. The molecule has 0 saturated heterocycles. The van der Waals surface area contributed by atoms with E-state index in [-0.39, 0.29) is 16.9 Å². The molecule has 3 heteroatoms. The fourth-order valence-electron chi connectivity index (χ4n) is 1.89. The molecule has 1 rings (SSSR count). The van der Waals surface area contributed by atoms with Gasteiger partial charge in [0.1, 0.15) is 0 Å². The summed E-state index contributed by atoms with van der Waals surface area (Å²) in [6, 6.07) is -0.323. The summed E-state index contributed by atoms with van der Waals surface area (Å²) >= 11 is 0. The van der Waals surface area contributed by atoms with E-state index in [0.29, 0.717) is 6.42 Å². The molecule has 0 aliphatic heterocycles. The molecule has 0 aromatic rings. The van der Waals surface area contributed by atoms with Gasteiger partial charge in [0, 0.05) is 17.3 Å². The van der Waals surface area contributed by atoms with Crippen molar-refractivity contribution >= 4 is 0 Å². The van der Waals surface area contributed by atoms with Crippen molar-refractivity contribution in [2.75, 3.05) is 0 Å². The molecular formula is C10H17NO2. The number of unbranched alkanes of at least 4 members (excludes halogenated alkanes) is 1. The van der Waals surface area contributed by atoms with Crippen molar-refractivity contribution in [2.45, 2.75) is 45.1 Å². The minimum atomic E-state index is -0.323. The van der Waals surface area contributed by atoms with Gasteiger partial charge >= 0.3 is 0 Å². The van der Waals surface area contributed by atoms with Crippen LogP contribution in [0.15, 0.2) is 12.2 Å². The van der Waals surface area contributed by atoms with E-state index in [0.717, 1.165) is 25.7 Å². The topological polar surface area (TPSA) is 43.1 Å². The summed E-state index contributed by atoms with van der Waals surface area (Å²) in [6.07, 6.45) is 8.79. The van der Waals surface area contributed by atoms with E-state index in [1.54, 1.807) is 0 Å². The average molecular weight is 183 g/mol. The molecule has 0 spiro atoms. The standard InChI is InChI=1S/C10H17NO2/c1-2-3-6-9-7-4-5-8-10(9)11(12)13/h4-5,9-10H,2-3,6-8H2,1H3/t9-,10-/m0/s1. The van der Waals surface area contributed by atoms with Crippen molar-refractivity contribution in [3.8, 4) is 0 Å². The second-order valence-electron chi connectivity index (χ2n) is 3.70. The summed E-state index contributed by atoms with van der Waals surface area (Å²) in [4.78, 5) is 10.6. The maximum Gasteiger partial charge on any atom is 0.219 e. The van der Waals surface area contributed by atoms with E-state index < -0.39 is 0 Å². The summed E-state index contributed by atoms with van der Waals surface area (Å²) in [7, 11) is 0. The lowest BCUT2D eigenvalue weighted by Gasteiger charge is -2.21. The first-order valence-corrected chi connectivity index (χ1v) is 5.04. The molecule has 0 unspecified atom stereocenters. The van der Waals surface area contributed by atoms with Crippen LogP contribution in [0.25, 0.3) is 0 Å². The Bertz CT molecular complexity index is 201. The zero-order chi connectivity index (χ0) is 9.68. The summed E-state index contributed by atoms with van der Waals surface area (Å²) in [5, 5.41) is 10.7. The van der Waals surface area contributed by atoms with Gasteiger partial charge in [-0.3, -0.25) is 10.1 Å². The lowest BCUT2D eigenvalue weighted by Crippen LogP contribution is -2.30. The van der Waals surface area contributed by atoms with E-state index in [1.807, 2.05) is 6.08 Å². The summed E-state index contributed by atoms with van der Waals surface area (Å²) < 4.78 is 0. The van der Waals surface area contributed by atoms with Crippen molar-refractivity contribution in [1.29, 1.82) is 0 Å². The van der Waals surface area contributed by atoms with E-state index in [9.17, 15) is 10.1 Å². The molecule has 1 aliphatic rings. The van der Waals surface area contributed by atoms with Gasteiger partial charge in [-0.2, -0.15) is 0 Å². The highest BCUT2D eigenvalue weighted by Crippen LogP contribution is 2.26. The van der Waals surface area contributed by atoms with Crippen LogP contribution in [0.5, 0.6) is 0 Å². The number of hydrogen-bond acceptors (Lipinski definition) is 2. The monoisotopic (exact) mass is 183 g/mol. The minimum Gasteiger partial charge on any atom is -0.264 e. The van der Waals surface area contributed by atoms with Crippen LogP contribution in [-0.4, -0.2) is 11.0 Å². The van der Waals surface area contributed by atoms with Gasteiger partial charge in [0.2, 0.25) is 6.04 Å². The predicted molar refractivity (Wildman–Crippen MR) is 52.2 cm³/mol. The highest BCUT2D eigenvalue weighted by atomic mass is 16.6. The normalized spacial score (nSPS) is 27.5. The van der Waals surface area contributed by atoms with Gasteiger partial charge in [-0.05, 0) is 12.8 Å². The zero-order valence-electron chi connectivity index (χ0n) is 8.11. The molecule has 0 bridgehead atoms. The van der Waals surface area contributed by atoms with Crippen LogP contribution in [0, 0.1) is 16.0 Å². The van der Waals surface area contributed by atoms with Crippen LogP contribution >= 0.6 is 0 Å². The van der Waals surface area contributed by atoms with E-state index >= 15 is 0 Å². The van der Waals surface area contributed by atoms with Crippen molar-refractivity contribution in [2.24, 2.45) is 5.92 Å². The Labute approximate surface area is 79.0 Å². The second kappa shape index (κ2) is 5.00. The Hall–Kier alpha value is -0.860. The fourth-order valence-corrected chi connectivity index (χ4v) is 1.89. The van der Waals surface area contributed by atoms with Crippen LogP contribution < -0.4 is 0 Å². The minimum absolute atomic E-state index is 0.107. The molecule has 0 amide bonds. The molecule has 3 nitrogen and oxygen atoms in total. The highest BCUT2D eigenvalue weighted by Gasteiger charge is 2.30. The molecule has 0 N–H and O–H groups in total. The van der Waals surface area contributed by atoms with Crippen molar-refractivity contribution < 1.29 is 4.92 Å². The molecule has 0 fully saturated rings. The van der Waals surface area contributed by atoms with Gasteiger partial charge in [-0.1, -0.05) is 31.9 Å². The number of allylic oxidation sites excluding steroid dienone is 1. The smallest absolute Gasteiger partial charge is 0.219 e. The molecular weight excluding hydrogens is 166 g/mol. The van der Waals surface area contributed by atoms with Gasteiger partial charge in [-0.25, -0.2) is 0 Å². The molecule has 0 heterocycles. The van der Waals surface area contributed by atoms with Crippen LogP contribution in [0.2, 0.25) is 0 Å². The molecule has 13 heavy (non-hydrogen) atoms. The predicted octanol–water partition coefficient (Wildman–Crippen LogP) is 2.79. The molecule has 1 aliphatic carbocycles. The first-order valence-electron chi connectivity index (χ1n) is 5.04. The molecule has 0 saturated carbocycles. The van der Waals surface area contributed by atoms with Crippen molar-refractivity contribution in [3.05, 3.63) is 22.3 Å². The van der Waals surface area contributed by atoms with Crippen LogP contribution in [0.4, 0.5) is 0 Å². The molecule has 0 aromatic carbocycles. The number of rotatable bonds is 4. The molecule has 0 aromatic heterocycles. The lowest BCUT2D eigenvalue weighted by molar-refractivity contribution is -0.532. The van der Waals surface area contributed by atoms with Gasteiger partial charge in [0.25, 0.3) is 0 Å². The molecule has 2 atom stereocenters. The molecule has 74 valence electrons. The number of hydrogen-bond donors (Lipinski definition) is 0. The van der Waals surface area contributed by atoms with E-state index in [4.69, 9.17) is 0 Å². The van der Waals surface area contributed by atoms with E-state index in [1.165, 1.54) is 0 Å². The Morgan fingerprint density at radius 2 is 2.15 bits per heavy atom. The molecule has 0 radical (unpaired) electrons. The lowest BCUT2D eigenvalue weighted by atomic mass is 9.85. The maximum atomic E-state index is 10.7. The number of nitrogens with zero attached hydrogens (tertiary/aromatic N) is 1. The van der Waals surface area contributed by atoms with Gasteiger partial charge in [0.15, 0.2) is 0 Å². The van der Waals surface area contributed by atoms with Crippen molar-refractivity contribution in [1.82, 2.24) is 0 Å².